The van der Waals surface area contributed by atoms with Crippen molar-refractivity contribution in [2.75, 3.05) is 17.3 Å². The van der Waals surface area contributed by atoms with Crippen LogP contribution in [0.5, 0.6) is 0 Å². The lowest BCUT2D eigenvalue weighted by Crippen LogP contribution is -2.43. The second kappa shape index (κ2) is 7.74. The van der Waals surface area contributed by atoms with Crippen LogP contribution in [0.25, 0.3) is 0 Å². The zero-order valence-corrected chi connectivity index (χ0v) is 12.1. The third-order valence-corrected chi connectivity index (χ3v) is 3.37. The van der Waals surface area contributed by atoms with Gasteiger partial charge in [0.15, 0.2) is 0 Å². The van der Waals surface area contributed by atoms with Gasteiger partial charge in [-0.1, -0.05) is 6.07 Å². The maximum atomic E-state index is 13.3. The molecule has 1 atom stereocenters. The Kier molecular flexibility index (Phi) is 6.30. The number of anilines is 1. The molecule has 7 heteroatoms. The normalized spacial score (nSPS) is 11.8. The van der Waals surface area contributed by atoms with Crippen molar-refractivity contribution in [3.63, 3.8) is 0 Å². The molecule has 0 aromatic heterocycles. The van der Waals surface area contributed by atoms with E-state index in [1.165, 1.54) is 30.8 Å². The molecule has 3 N–H and O–H groups in total. The van der Waals surface area contributed by atoms with E-state index in [1.807, 2.05) is 6.26 Å². The van der Waals surface area contributed by atoms with E-state index in [4.69, 9.17) is 5.11 Å². The van der Waals surface area contributed by atoms with Gasteiger partial charge in [-0.3, -0.25) is 0 Å². The van der Waals surface area contributed by atoms with E-state index in [2.05, 4.69) is 10.6 Å². The number of carboxylic acid groups (broad SMARTS) is 1. The number of thioether (sulfide) groups is 1. The van der Waals surface area contributed by atoms with E-state index in [0.717, 1.165) is 0 Å². The summed E-state index contributed by atoms with van der Waals surface area (Å²) in [6.07, 6.45) is 2.18. The first-order valence-corrected chi connectivity index (χ1v) is 7.39. The van der Waals surface area contributed by atoms with E-state index in [1.54, 1.807) is 6.07 Å². The Balaban J connectivity index is 2.66. The molecule has 110 valence electrons. The van der Waals surface area contributed by atoms with Crippen molar-refractivity contribution in [1.29, 1.82) is 0 Å². The highest BCUT2D eigenvalue weighted by atomic mass is 32.2. The van der Waals surface area contributed by atoms with Gasteiger partial charge in [0.2, 0.25) is 0 Å². The van der Waals surface area contributed by atoms with E-state index in [0.29, 0.717) is 23.4 Å². The van der Waals surface area contributed by atoms with Gasteiger partial charge in [0.05, 0.1) is 0 Å². The molecule has 0 aliphatic rings. The number of halogens is 1. The standard InChI is InChI=1S/C13H17FN2O3S/c1-8-9(14)4-3-5-10(8)15-13(19)16-11(12(17)18)6-7-20-2/h3-5,11H,6-7H2,1-2H3,(H,17,18)(H2,15,16,19). The molecule has 1 unspecified atom stereocenters. The first-order valence-electron chi connectivity index (χ1n) is 6.00. The number of urea groups is 1. The highest BCUT2D eigenvalue weighted by Crippen LogP contribution is 2.17. The molecule has 0 bridgehead atoms. The van der Waals surface area contributed by atoms with Gasteiger partial charge in [0.25, 0.3) is 0 Å². The molecular formula is C13H17FN2O3S. The van der Waals surface area contributed by atoms with Crippen LogP contribution in [0.4, 0.5) is 14.9 Å². The molecule has 1 rings (SSSR count). The molecule has 5 nitrogen and oxygen atoms in total. The van der Waals surface area contributed by atoms with Crippen molar-refractivity contribution >= 4 is 29.4 Å². The maximum Gasteiger partial charge on any atom is 0.326 e. The van der Waals surface area contributed by atoms with Crippen LogP contribution >= 0.6 is 11.8 Å². The summed E-state index contributed by atoms with van der Waals surface area (Å²) in [7, 11) is 0. The zero-order chi connectivity index (χ0) is 15.1. The molecule has 0 saturated carbocycles. The number of carboxylic acids is 1. The van der Waals surface area contributed by atoms with Crippen molar-refractivity contribution in [3.8, 4) is 0 Å². The highest BCUT2D eigenvalue weighted by molar-refractivity contribution is 7.98. The van der Waals surface area contributed by atoms with Gasteiger partial charge in [-0.05, 0) is 37.5 Å². The number of hydrogen-bond acceptors (Lipinski definition) is 3. The lowest BCUT2D eigenvalue weighted by atomic mass is 10.2. The summed E-state index contributed by atoms with van der Waals surface area (Å²) in [6, 6.07) is 2.69. The van der Waals surface area contributed by atoms with Gasteiger partial charge in [-0.2, -0.15) is 11.8 Å². The molecule has 1 aromatic carbocycles. The summed E-state index contributed by atoms with van der Waals surface area (Å²) in [5, 5.41) is 13.8. The summed E-state index contributed by atoms with van der Waals surface area (Å²) in [5.41, 5.74) is 0.621. The Hall–Kier alpha value is -1.76. The zero-order valence-electron chi connectivity index (χ0n) is 11.3. The Bertz CT molecular complexity index is 497. The van der Waals surface area contributed by atoms with Gasteiger partial charge in [-0.15, -0.1) is 0 Å². The fraction of sp³-hybridized carbons (Fsp3) is 0.385. The van der Waals surface area contributed by atoms with Gasteiger partial charge in [-0.25, -0.2) is 14.0 Å². The van der Waals surface area contributed by atoms with Crippen LogP contribution < -0.4 is 10.6 Å². The van der Waals surface area contributed by atoms with Crippen LogP contribution in [0.2, 0.25) is 0 Å². The second-order valence-electron chi connectivity index (χ2n) is 4.18. The van der Waals surface area contributed by atoms with Crippen molar-refractivity contribution in [1.82, 2.24) is 5.32 Å². The number of nitrogens with one attached hydrogen (secondary N) is 2. The Morgan fingerprint density at radius 2 is 2.15 bits per heavy atom. The predicted molar refractivity (Wildman–Crippen MR) is 77.7 cm³/mol. The molecule has 20 heavy (non-hydrogen) atoms. The van der Waals surface area contributed by atoms with Crippen LogP contribution in [0.1, 0.15) is 12.0 Å². The number of hydrogen-bond donors (Lipinski definition) is 3. The Morgan fingerprint density at radius 3 is 2.75 bits per heavy atom. The Labute approximate surface area is 120 Å². The molecule has 1 aromatic rings. The summed E-state index contributed by atoms with van der Waals surface area (Å²) < 4.78 is 13.3. The predicted octanol–water partition coefficient (Wildman–Crippen LogP) is 2.46. The minimum atomic E-state index is -1.09. The third kappa shape index (κ3) is 4.73. The van der Waals surface area contributed by atoms with Crippen LogP contribution in [-0.2, 0) is 4.79 Å². The molecule has 0 saturated heterocycles. The number of carbonyl (C=O) groups excluding carboxylic acids is 1. The average Bonchev–Trinajstić information content (AvgIpc) is 2.39. The molecule has 0 aliphatic heterocycles. The second-order valence-corrected chi connectivity index (χ2v) is 5.17. The smallest absolute Gasteiger partial charge is 0.326 e. The first-order chi connectivity index (χ1) is 9.45. The van der Waals surface area contributed by atoms with E-state index < -0.39 is 23.9 Å². The van der Waals surface area contributed by atoms with Crippen LogP contribution in [0.3, 0.4) is 0 Å². The number of carbonyl (C=O) groups is 2. The van der Waals surface area contributed by atoms with Crippen molar-refractivity contribution in [2.45, 2.75) is 19.4 Å². The van der Waals surface area contributed by atoms with Crippen LogP contribution in [-0.4, -0.2) is 35.2 Å². The van der Waals surface area contributed by atoms with Crippen molar-refractivity contribution < 1.29 is 19.1 Å². The molecule has 2 amide bonds. The topological polar surface area (TPSA) is 78.4 Å². The summed E-state index contributed by atoms with van der Waals surface area (Å²) >= 11 is 1.50. The molecule has 0 spiro atoms. The number of aliphatic carboxylic acids is 1. The quantitative estimate of drug-likeness (QED) is 0.754. The fourth-order valence-electron chi connectivity index (χ4n) is 1.55. The lowest BCUT2D eigenvalue weighted by molar-refractivity contribution is -0.139. The average molecular weight is 300 g/mol. The fourth-order valence-corrected chi connectivity index (χ4v) is 2.02. The molecule has 0 heterocycles. The number of benzene rings is 1. The van der Waals surface area contributed by atoms with E-state index >= 15 is 0 Å². The van der Waals surface area contributed by atoms with Gasteiger partial charge in [0, 0.05) is 11.3 Å². The molecule has 0 fully saturated rings. The van der Waals surface area contributed by atoms with E-state index in [-0.39, 0.29) is 0 Å². The first kappa shape index (κ1) is 16.3. The van der Waals surface area contributed by atoms with Gasteiger partial charge in [0.1, 0.15) is 11.9 Å². The third-order valence-electron chi connectivity index (χ3n) is 2.73. The molecular weight excluding hydrogens is 283 g/mol. The monoisotopic (exact) mass is 300 g/mol. The minimum absolute atomic E-state index is 0.304. The summed E-state index contributed by atoms with van der Waals surface area (Å²) in [4.78, 5) is 22.7. The van der Waals surface area contributed by atoms with Crippen LogP contribution in [0.15, 0.2) is 18.2 Å². The van der Waals surface area contributed by atoms with Gasteiger partial charge < -0.3 is 15.7 Å². The highest BCUT2D eigenvalue weighted by Gasteiger charge is 2.19. The molecule has 0 aliphatic carbocycles. The lowest BCUT2D eigenvalue weighted by Gasteiger charge is -2.15. The number of amides is 2. The minimum Gasteiger partial charge on any atom is -0.480 e. The van der Waals surface area contributed by atoms with Gasteiger partial charge >= 0.3 is 12.0 Å². The van der Waals surface area contributed by atoms with Crippen molar-refractivity contribution in [3.05, 3.63) is 29.6 Å². The largest absolute Gasteiger partial charge is 0.480 e. The summed E-state index contributed by atoms with van der Waals surface area (Å²) in [5.74, 6) is -0.902. The van der Waals surface area contributed by atoms with Crippen LogP contribution in [0, 0.1) is 12.7 Å². The number of rotatable bonds is 6. The van der Waals surface area contributed by atoms with Crippen molar-refractivity contribution in [2.24, 2.45) is 0 Å². The Morgan fingerprint density at radius 1 is 1.45 bits per heavy atom. The summed E-state index contributed by atoms with van der Waals surface area (Å²) in [6.45, 7) is 1.54. The SMILES string of the molecule is CSCCC(NC(=O)Nc1cccc(F)c1C)C(=O)O. The molecule has 0 radical (unpaired) electrons. The maximum absolute atomic E-state index is 13.3. The van der Waals surface area contributed by atoms with E-state index in [9.17, 15) is 14.0 Å².